The van der Waals surface area contributed by atoms with E-state index >= 15 is 0 Å². The minimum absolute atomic E-state index is 0.480. The maximum absolute atomic E-state index is 10.4. The van der Waals surface area contributed by atoms with E-state index in [2.05, 4.69) is 39.5 Å². The quantitative estimate of drug-likeness (QED) is 0.560. The lowest BCUT2D eigenvalue weighted by Gasteiger charge is -2.28. The highest BCUT2D eigenvalue weighted by atomic mass is 32.2. The van der Waals surface area contributed by atoms with Gasteiger partial charge in [0.25, 0.3) is 0 Å². The fraction of sp³-hybridized carbons (Fsp3) is 0.833. The lowest BCUT2D eigenvalue weighted by Crippen LogP contribution is -2.36. The van der Waals surface area contributed by atoms with E-state index in [4.69, 9.17) is 4.55 Å². The summed E-state index contributed by atoms with van der Waals surface area (Å²) in [5, 5.41) is 0. The number of nitrogens with zero attached hydrogens (tertiary/aromatic N) is 1. The van der Waals surface area contributed by atoms with Gasteiger partial charge in [0.2, 0.25) is 5.91 Å². The van der Waals surface area contributed by atoms with Crippen molar-refractivity contribution in [2.24, 2.45) is 0 Å². The summed E-state index contributed by atoms with van der Waals surface area (Å²) < 4.78 is 29.1. The zero-order valence-electron chi connectivity index (χ0n) is 13.0. The van der Waals surface area contributed by atoms with E-state index in [1.54, 1.807) is 0 Å². The second kappa shape index (κ2) is 9.84. The van der Waals surface area contributed by atoms with Crippen LogP contribution in [0.3, 0.4) is 0 Å². The van der Waals surface area contributed by atoms with Gasteiger partial charge >= 0.3 is 10.3 Å². The number of amides is 1. The van der Waals surface area contributed by atoms with Gasteiger partial charge in [0, 0.05) is 12.1 Å². The van der Waals surface area contributed by atoms with Crippen LogP contribution >= 0.6 is 0 Å². The van der Waals surface area contributed by atoms with Crippen LogP contribution in [0.15, 0.2) is 0 Å². The summed E-state index contributed by atoms with van der Waals surface area (Å²) in [5.41, 5.74) is 0. The first kappa shape index (κ1) is 21.3. The smallest absolute Gasteiger partial charge is 0.299 e. The van der Waals surface area contributed by atoms with Gasteiger partial charge in [0.15, 0.2) is 0 Å². The number of hydrogen-bond donors (Lipinski definition) is 2. The zero-order valence-corrected chi connectivity index (χ0v) is 13.8. The molecule has 1 amide bonds. The van der Waals surface area contributed by atoms with E-state index in [0.717, 1.165) is 13.5 Å². The van der Waals surface area contributed by atoms with Crippen molar-refractivity contribution in [3.63, 3.8) is 0 Å². The van der Waals surface area contributed by atoms with Crippen molar-refractivity contribution in [1.82, 2.24) is 9.62 Å². The summed E-state index contributed by atoms with van der Waals surface area (Å²) >= 11 is 0. The van der Waals surface area contributed by atoms with Gasteiger partial charge in [-0.3, -0.25) is 19.0 Å². The molecule has 0 unspecified atom stereocenters. The van der Waals surface area contributed by atoms with Crippen molar-refractivity contribution < 1.29 is 22.6 Å². The second-order valence-corrected chi connectivity index (χ2v) is 6.05. The molecule has 0 heterocycles. The number of rotatable bonds is 6. The van der Waals surface area contributed by atoms with E-state index in [1.165, 1.54) is 4.72 Å². The van der Waals surface area contributed by atoms with Crippen molar-refractivity contribution in [3.8, 4) is 0 Å². The molecule has 0 atom stereocenters. The molecule has 0 saturated carbocycles. The highest BCUT2D eigenvalue weighted by Crippen LogP contribution is 2.02. The fourth-order valence-corrected chi connectivity index (χ4v) is 2.09. The van der Waals surface area contributed by atoms with Gasteiger partial charge in [-0.15, -0.1) is 0 Å². The SMILES string of the molecule is CC(=O)CC(=O)NS(=O)(=O)O.CCN(C(C)C)C(C)C. The fourth-order valence-electron chi connectivity index (χ4n) is 1.73. The lowest BCUT2D eigenvalue weighted by atomic mass is 10.2. The zero-order chi connectivity index (χ0) is 16.5. The summed E-state index contributed by atoms with van der Waals surface area (Å²) in [6, 6.07) is 1.38. The molecule has 8 heteroatoms. The molecule has 0 bridgehead atoms. The van der Waals surface area contributed by atoms with Crippen LogP contribution in [0.5, 0.6) is 0 Å². The van der Waals surface area contributed by atoms with Crippen LogP contribution in [0.1, 0.15) is 48.0 Å². The molecule has 0 radical (unpaired) electrons. The van der Waals surface area contributed by atoms with Crippen LogP contribution < -0.4 is 4.72 Å². The van der Waals surface area contributed by atoms with Crippen molar-refractivity contribution in [2.75, 3.05) is 6.54 Å². The average Bonchev–Trinajstić information content (AvgIpc) is 2.12. The van der Waals surface area contributed by atoms with Crippen molar-refractivity contribution in [2.45, 2.75) is 60.0 Å². The second-order valence-electron chi connectivity index (χ2n) is 4.90. The normalized spacial score (nSPS) is 11.3. The van der Waals surface area contributed by atoms with Crippen LogP contribution in [0, 0.1) is 0 Å². The maximum atomic E-state index is 10.4. The highest BCUT2D eigenvalue weighted by molar-refractivity contribution is 7.84. The third-order valence-corrected chi connectivity index (χ3v) is 2.83. The minimum Gasteiger partial charge on any atom is -0.299 e. The molecule has 0 aromatic rings. The molecule has 20 heavy (non-hydrogen) atoms. The van der Waals surface area contributed by atoms with Crippen molar-refractivity contribution in [1.29, 1.82) is 0 Å². The third-order valence-electron chi connectivity index (χ3n) is 2.34. The van der Waals surface area contributed by atoms with E-state index in [9.17, 15) is 18.0 Å². The van der Waals surface area contributed by atoms with Gasteiger partial charge in [-0.1, -0.05) is 6.92 Å². The molecule has 0 aliphatic carbocycles. The van der Waals surface area contributed by atoms with Gasteiger partial charge in [-0.2, -0.15) is 8.42 Å². The van der Waals surface area contributed by atoms with Crippen molar-refractivity contribution >= 4 is 22.0 Å². The first-order chi connectivity index (χ1) is 8.90. The summed E-state index contributed by atoms with van der Waals surface area (Å²) in [6.07, 6.45) is -0.556. The Hall–Kier alpha value is -0.990. The Balaban J connectivity index is 0. The molecule has 0 aromatic heterocycles. The Bertz CT molecular complexity index is 396. The summed E-state index contributed by atoms with van der Waals surface area (Å²) in [5.74, 6) is -1.52. The Morgan fingerprint density at radius 2 is 1.55 bits per heavy atom. The largest absolute Gasteiger partial charge is 0.359 e. The Labute approximate surface area is 121 Å². The summed E-state index contributed by atoms with van der Waals surface area (Å²) in [6.45, 7) is 13.5. The van der Waals surface area contributed by atoms with Crippen LogP contribution in [-0.4, -0.2) is 48.2 Å². The van der Waals surface area contributed by atoms with Gasteiger partial charge in [0.05, 0.1) is 6.42 Å². The maximum Gasteiger partial charge on any atom is 0.359 e. The van der Waals surface area contributed by atoms with Crippen molar-refractivity contribution in [3.05, 3.63) is 0 Å². The van der Waals surface area contributed by atoms with Gasteiger partial charge < -0.3 is 0 Å². The molecule has 0 aliphatic heterocycles. The molecular formula is C12H26N2O5S. The van der Waals surface area contributed by atoms with E-state index < -0.39 is 28.4 Å². The van der Waals surface area contributed by atoms with E-state index in [-0.39, 0.29) is 0 Å². The molecule has 0 spiro atoms. The number of nitrogens with one attached hydrogen (secondary N) is 1. The summed E-state index contributed by atoms with van der Waals surface area (Å²) in [4.78, 5) is 23.1. The first-order valence-corrected chi connectivity index (χ1v) is 7.87. The Morgan fingerprint density at radius 3 is 1.70 bits per heavy atom. The number of carbonyl (C=O) groups is 2. The van der Waals surface area contributed by atoms with E-state index in [0.29, 0.717) is 12.1 Å². The predicted molar refractivity (Wildman–Crippen MR) is 77.6 cm³/mol. The molecule has 0 saturated heterocycles. The first-order valence-electron chi connectivity index (χ1n) is 6.43. The topological polar surface area (TPSA) is 104 Å². The highest BCUT2D eigenvalue weighted by Gasteiger charge is 2.11. The van der Waals surface area contributed by atoms with Crippen LogP contribution in [-0.2, 0) is 19.9 Å². The molecule has 0 aromatic carbocycles. The van der Waals surface area contributed by atoms with Gasteiger partial charge in [-0.25, -0.2) is 4.72 Å². The minimum atomic E-state index is -4.52. The molecule has 120 valence electrons. The molecule has 2 N–H and O–H groups in total. The summed E-state index contributed by atoms with van der Waals surface area (Å²) in [7, 11) is -4.52. The molecular weight excluding hydrogens is 284 g/mol. The monoisotopic (exact) mass is 310 g/mol. The number of hydrogen-bond acceptors (Lipinski definition) is 5. The lowest BCUT2D eigenvalue weighted by molar-refractivity contribution is -0.126. The average molecular weight is 310 g/mol. The molecule has 0 rings (SSSR count). The number of Topliss-reactive ketones (excluding diaryl/α,β-unsaturated/α-hetero) is 1. The predicted octanol–water partition coefficient (Wildman–Crippen LogP) is 1.01. The van der Waals surface area contributed by atoms with Gasteiger partial charge in [-0.05, 0) is 41.2 Å². The number of ketones is 1. The van der Waals surface area contributed by atoms with Gasteiger partial charge in [0.1, 0.15) is 5.78 Å². The molecule has 0 fully saturated rings. The van der Waals surface area contributed by atoms with Crippen LogP contribution in [0.2, 0.25) is 0 Å². The molecule has 7 nitrogen and oxygen atoms in total. The Morgan fingerprint density at radius 1 is 1.15 bits per heavy atom. The Kier molecular flexibility index (Phi) is 10.5. The van der Waals surface area contributed by atoms with Crippen LogP contribution in [0.25, 0.3) is 0 Å². The number of carbonyl (C=O) groups excluding carboxylic acids is 2. The van der Waals surface area contributed by atoms with Crippen LogP contribution in [0.4, 0.5) is 0 Å². The van der Waals surface area contributed by atoms with E-state index in [1.807, 2.05) is 0 Å². The third kappa shape index (κ3) is 13.4. The molecule has 0 aliphatic rings. The standard InChI is InChI=1S/C8H19N.C4H7NO5S/c1-6-9(7(2)3)8(4)5;1-3(6)2-4(7)5-11(8,9)10/h7-8H,6H2,1-5H3;2H2,1H3,(H,5,7)(H,8,9,10).